The summed E-state index contributed by atoms with van der Waals surface area (Å²) >= 11 is 0. The predicted molar refractivity (Wildman–Crippen MR) is 34.2 cm³/mol. The molecule has 1 aromatic rings. The van der Waals surface area contributed by atoms with Gasteiger partial charge in [-0.05, 0) is 0 Å². The zero-order valence-corrected chi connectivity index (χ0v) is 5.67. The topological polar surface area (TPSA) is 24.1 Å². The standard InChI is InChI=1S/C6H4F4N2/c7-3-1-5(9)6(11-12-10)2-4(3)8/h1-2,11-12H. The highest BCUT2D eigenvalue weighted by atomic mass is 19.2. The molecule has 2 N–H and O–H groups in total. The van der Waals surface area contributed by atoms with E-state index in [1.165, 1.54) is 0 Å². The second-order valence-electron chi connectivity index (χ2n) is 1.97. The summed E-state index contributed by atoms with van der Waals surface area (Å²) < 4.78 is 48.5. The summed E-state index contributed by atoms with van der Waals surface area (Å²) in [6.07, 6.45) is 0. The molecule has 0 aliphatic carbocycles. The van der Waals surface area contributed by atoms with Crippen LogP contribution in [0.2, 0.25) is 0 Å². The lowest BCUT2D eigenvalue weighted by Gasteiger charge is -2.03. The Morgan fingerprint density at radius 2 is 1.50 bits per heavy atom. The van der Waals surface area contributed by atoms with Gasteiger partial charge in [-0.3, -0.25) is 5.43 Å². The molecule has 0 spiro atoms. The van der Waals surface area contributed by atoms with Crippen molar-refractivity contribution in [3.63, 3.8) is 0 Å². The van der Waals surface area contributed by atoms with Crippen LogP contribution in [0.5, 0.6) is 0 Å². The Kier molecular flexibility index (Phi) is 2.49. The predicted octanol–water partition coefficient (Wildman–Crippen LogP) is 1.90. The van der Waals surface area contributed by atoms with Crippen molar-refractivity contribution in [2.45, 2.75) is 0 Å². The van der Waals surface area contributed by atoms with E-state index in [9.17, 15) is 17.7 Å². The highest BCUT2D eigenvalue weighted by Crippen LogP contribution is 2.17. The van der Waals surface area contributed by atoms with E-state index < -0.39 is 23.1 Å². The molecule has 6 heteroatoms. The number of rotatable bonds is 2. The molecule has 0 aromatic heterocycles. The molecule has 0 radical (unpaired) electrons. The van der Waals surface area contributed by atoms with Crippen molar-refractivity contribution >= 4 is 5.69 Å². The zero-order valence-electron chi connectivity index (χ0n) is 5.67. The largest absolute Gasteiger partial charge is 0.292 e. The van der Waals surface area contributed by atoms with Crippen LogP contribution in [0.25, 0.3) is 0 Å². The van der Waals surface area contributed by atoms with Gasteiger partial charge in [-0.2, -0.15) is 0 Å². The lowest BCUT2D eigenvalue weighted by atomic mass is 10.3. The average Bonchev–Trinajstić information content (AvgIpc) is 2.01. The van der Waals surface area contributed by atoms with Crippen LogP contribution in [0.4, 0.5) is 23.3 Å². The number of hydrogen-bond donors (Lipinski definition) is 2. The minimum atomic E-state index is -1.32. The summed E-state index contributed by atoms with van der Waals surface area (Å²) in [6, 6.07) is 0.812. The summed E-state index contributed by atoms with van der Waals surface area (Å²) in [5, 5.41) is 0. The van der Waals surface area contributed by atoms with E-state index >= 15 is 0 Å². The molecule has 1 rings (SSSR count). The quantitative estimate of drug-likeness (QED) is 0.314. The van der Waals surface area contributed by atoms with Gasteiger partial charge in [-0.1, -0.05) is 5.65 Å². The normalized spacial score (nSPS) is 10.0. The van der Waals surface area contributed by atoms with Gasteiger partial charge in [0.2, 0.25) is 0 Å². The summed E-state index contributed by atoms with van der Waals surface area (Å²) in [5.41, 5.74) is 2.03. The molecule has 0 atom stereocenters. The fraction of sp³-hybridized carbons (Fsp3) is 0. The molecule has 2 nitrogen and oxygen atoms in total. The molecule has 0 aliphatic rings. The van der Waals surface area contributed by atoms with E-state index in [2.05, 4.69) is 0 Å². The lowest BCUT2D eigenvalue weighted by molar-refractivity contribution is 0.373. The maximum atomic E-state index is 12.5. The van der Waals surface area contributed by atoms with Gasteiger partial charge in [0.25, 0.3) is 0 Å². The summed E-state index contributed by atoms with van der Waals surface area (Å²) in [7, 11) is 0. The first kappa shape index (κ1) is 8.79. The molecule has 0 saturated heterocycles. The Labute approximate surface area is 65.1 Å². The molecule has 66 valence electrons. The first-order chi connectivity index (χ1) is 5.65. The van der Waals surface area contributed by atoms with Crippen molar-refractivity contribution < 1.29 is 17.7 Å². The zero-order chi connectivity index (χ0) is 9.14. The van der Waals surface area contributed by atoms with E-state index in [0.717, 1.165) is 5.65 Å². The Morgan fingerprint density at radius 3 is 2.08 bits per heavy atom. The average molecular weight is 180 g/mol. The van der Waals surface area contributed by atoms with Gasteiger partial charge >= 0.3 is 0 Å². The van der Waals surface area contributed by atoms with E-state index in [0.29, 0.717) is 12.1 Å². The first-order valence-electron chi connectivity index (χ1n) is 2.91. The Morgan fingerprint density at radius 1 is 0.917 bits per heavy atom. The van der Waals surface area contributed by atoms with Crippen LogP contribution in [0.15, 0.2) is 12.1 Å². The molecule has 0 amide bonds. The third kappa shape index (κ3) is 1.65. The Hall–Kier alpha value is -1.30. The van der Waals surface area contributed by atoms with Crippen molar-refractivity contribution in [1.29, 1.82) is 0 Å². The third-order valence-corrected chi connectivity index (χ3v) is 1.19. The van der Waals surface area contributed by atoms with E-state index in [-0.39, 0.29) is 0 Å². The van der Waals surface area contributed by atoms with Gasteiger partial charge in [-0.15, -0.1) is 4.48 Å². The number of benzene rings is 1. The monoisotopic (exact) mass is 180 g/mol. The van der Waals surface area contributed by atoms with Crippen LogP contribution in [-0.2, 0) is 0 Å². The Bertz CT molecular complexity index is 289. The summed E-state index contributed by atoms with van der Waals surface area (Å²) in [4.78, 5) is 0. The van der Waals surface area contributed by atoms with Crippen LogP contribution in [0.1, 0.15) is 0 Å². The van der Waals surface area contributed by atoms with Gasteiger partial charge < -0.3 is 0 Å². The molecular formula is C6H4F4N2. The Balaban J connectivity index is 3.05. The van der Waals surface area contributed by atoms with Gasteiger partial charge in [0.1, 0.15) is 0 Å². The fourth-order valence-corrected chi connectivity index (χ4v) is 0.669. The van der Waals surface area contributed by atoms with Crippen LogP contribution in [-0.4, -0.2) is 0 Å². The van der Waals surface area contributed by atoms with E-state index in [4.69, 9.17) is 0 Å². The van der Waals surface area contributed by atoms with Gasteiger partial charge in [-0.25, -0.2) is 13.2 Å². The molecule has 0 saturated carbocycles. The van der Waals surface area contributed by atoms with Gasteiger partial charge in [0, 0.05) is 12.1 Å². The number of halogens is 4. The van der Waals surface area contributed by atoms with Gasteiger partial charge in [0.05, 0.1) is 5.69 Å². The molecular weight excluding hydrogens is 176 g/mol. The molecule has 0 fully saturated rings. The third-order valence-electron chi connectivity index (χ3n) is 1.19. The van der Waals surface area contributed by atoms with Crippen molar-refractivity contribution in [2.75, 3.05) is 5.43 Å². The molecule has 0 unspecified atom stereocenters. The first-order valence-corrected chi connectivity index (χ1v) is 2.91. The molecule has 0 heterocycles. The minimum absolute atomic E-state index is 0.314. The summed E-state index contributed by atoms with van der Waals surface area (Å²) in [6.45, 7) is 0. The molecule has 1 aromatic carbocycles. The van der Waals surface area contributed by atoms with E-state index in [1.807, 2.05) is 0 Å². The number of anilines is 1. The number of nitrogens with one attached hydrogen (secondary N) is 2. The SMILES string of the molecule is FNNc1cc(F)c(F)cc1F. The molecule has 0 bridgehead atoms. The highest BCUT2D eigenvalue weighted by molar-refractivity contribution is 5.43. The smallest absolute Gasteiger partial charge is 0.161 e. The van der Waals surface area contributed by atoms with Crippen molar-refractivity contribution in [2.24, 2.45) is 0 Å². The van der Waals surface area contributed by atoms with Crippen LogP contribution in [0, 0.1) is 17.5 Å². The molecule has 12 heavy (non-hydrogen) atoms. The van der Waals surface area contributed by atoms with Crippen LogP contribution < -0.4 is 11.1 Å². The molecule has 0 aliphatic heterocycles. The van der Waals surface area contributed by atoms with Crippen LogP contribution in [0.3, 0.4) is 0 Å². The van der Waals surface area contributed by atoms with Crippen molar-refractivity contribution in [3.8, 4) is 0 Å². The summed E-state index contributed by atoms with van der Waals surface area (Å²) in [5.74, 6) is -3.66. The van der Waals surface area contributed by atoms with E-state index in [1.54, 1.807) is 5.43 Å². The van der Waals surface area contributed by atoms with Crippen molar-refractivity contribution in [3.05, 3.63) is 29.6 Å². The highest BCUT2D eigenvalue weighted by Gasteiger charge is 2.08. The number of hydrazine groups is 1. The lowest BCUT2D eigenvalue weighted by Crippen LogP contribution is -2.12. The van der Waals surface area contributed by atoms with Gasteiger partial charge in [0.15, 0.2) is 17.5 Å². The maximum absolute atomic E-state index is 12.5. The minimum Gasteiger partial charge on any atom is -0.292 e. The van der Waals surface area contributed by atoms with Crippen molar-refractivity contribution in [1.82, 2.24) is 5.65 Å². The maximum Gasteiger partial charge on any atom is 0.161 e. The fourth-order valence-electron chi connectivity index (χ4n) is 0.669. The van der Waals surface area contributed by atoms with Crippen LogP contribution >= 0.6 is 0 Å². The second-order valence-corrected chi connectivity index (χ2v) is 1.97. The second kappa shape index (κ2) is 3.40. The number of hydrogen-bond acceptors (Lipinski definition) is 2.